The second-order valence-electron chi connectivity index (χ2n) is 5.89. The molecule has 1 N–H and O–H groups in total. The highest BCUT2D eigenvalue weighted by Crippen LogP contribution is 2.26. The normalized spacial score (nSPS) is 15.6. The van der Waals surface area contributed by atoms with Gasteiger partial charge in [-0.1, -0.05) is 32.0 Å². The number of aliphatic imine (C=N–C) groups is 1. The third kappa shape index (κ3) is 3.91. The molecule has 2 heterocycles. The van der Waals surface area contributed by atoms with Gasteiger partial charge in [-0.15, -0.1) is 0 Å². The highest BCUT2D eigenvalue weighted by molar-refractivity contribution is 5.84. The Morgan fingerprint density at radius 2 is 1.92 bits per heavy atom. The number of pyridine rings is 1. The van der Waals surface area contributed by atoms with E-state index >= 15 is 0 Å². The van der Waals surface area contributed by atoms with Gasteiger partial charge in [-0.25, -0.2) is 10.1 Å². The summed E-state index contributed by atoms with van der Waals surface area (Å²) in [5.41, 5.74) is 4.03. The van der Waals surface area contributed by atoms with Crippen LogP contribution in [0.25, 0.3) is 0 Å². The largest absolute Gasteiger partial charge is 0.618 e. The van der Waals surface area contributed by atoms with Crippen molar-refractivity contribution >= 4 is 11.6 Å². The lowest BCUT2D eigenvalue weighted by atomic mass is 10.0. The zero-order valence-corrected chi connectivity index (χ0v) is 14.7. The summed E-state index contributed by atoms with van der Waals surface area (Å²) in [7, 11) is 0. The van der Waals surface area contributed by atoms with Crippen LogP contribution in [0.5, 0.6) is 0 Å². The van der Waals surface area contributed by atoms with Crippen molar-refractivity contribution < 1.29 is 9.57 Å². The van der Waals surface area contributed by atoms with Crippen LogP contribution in [0.3, 0.4) is 0 Å². The molecule has 1 saturated heterocycles. The third-order valence-electron chi connectivity index (χ3n) is 4.29. The molecule has 25 heavy (non-hydrogen) atoms. The van der Waals surface area contributed by atoms with Gasteiger partial charge in [-0.2, -0.15) is 4.73 Å². The van der Waals surface area contributed by atoms with E-state index in [-0.39, 0.29) is 6.61 Å². The molecule has 132 valence electrons. The van der Waals surface area contributed by atoms with Crippen LogP contribution >= 0.6 is 0 Å². The number of hydrogen-bond donors (Lipinski definition) is 1. The van der Waals surface area contributed by atoms with E-state index in [9.17, 15) is 5.21 Å². The predicted octanol–water partition coefficient (Wildman–Crippen LogP) is 2.47. The van der Waals surface area contributed by atoms with E-state index in [0.29, 0.717) is 18.2 Å². The Morgan fingerprint density at radius 1 is 1.16 bits per heavy atom. The molecule has 1 aliphatic heterocycles. The quantitative estimate of drug-likeness (QED) is 0.648. The van der Waals surface area contributed by atoms with E-state index in [1.165, 1.54) is 17.3 Å². The summed E-state index contributed by atoms with van der Waals surface area (Å²) in [6, 6.07) is 11.6. The molecule has 1 aromatic carbocycles. The van der Waals surface area contributed by atoms with Gasteiger partial charge in [0.15, 0.2) is 12.8 Å². The van der Waals surface area contributed by atoms with Gasteiger partial charge in [0.05, 0.1) is 12.2 Å². The second kappa shape index (κ2) is 7.98. The van der Waals surface area contributed by atoms with Crippen molar-refractivity contribution in [2.45, 2.75) is 33.3 Å². The highest BCUT2D eigenvalue weighted by Gasteiger charge is 2.21. The molecule has 0 amide bonds. The molecule has 0 unspecified atom stereocenters. The van der Waals surface area contributed by atoms with Crippen molar-refractivity contribution in [2.75, 3.05) is 13.1 Å². The average molecular weight is 340 g/mol. The number of nitrogens with zero attached hydrogens (tertiary/aromatic N) is 3. The fourth-order valence-electron chi connectivity index (χ4n) is 2.87. The number of hydroxylamine groups is 2. The summed E-state index contributed by atoms with van der Waals surface area (Å²) < 4.78 is 0.821. The zero-order chi connectivity index (χ0) is 17.6. The number of hydrogen-bond acceptors (Lipinski definition) is 3. The van der Waals surface area contributed by atoms with Crippen molar-refractivity contribution in [3.05, 3.63) is 64.6 Å². The molecular weight excluding hydrogens is 316 g/mol. The van der Waals surface area contributed by atoms with Crippen molar-refractivity contribution in [1.82, 2.24) is 10.4 Å². The summed E-state index contributed by atoms with van der Waals surface area (Å²) in [6.07, 6.45) is 3.34. The fraction of sp³-hybridized carbons (Fsp3) is 0.368. The molecule has 0 spiro atoms. The van der Waals surface area contributed by atoms with E-state index in [2.05, 4.69) is 37.4 Å². The first kappa shape index (κ1) is 17.2. The molecule has 0 atom stereocenters. The molecule has 0 bridgehead atoms. The van der Waals surface area contributed by atoms with Gasteiger partial charge in [0.1, 0.15) is 0 Å². The second-order valence-corrected chi connectivity index (χ2v) is 5.89. The molecule has 6 heteroatoms. The Bertz CT molecular complexity index is 739. The Labute approximate surface area is 148 Å². The maximum Gasteiger partial charge on any atom is 0.223 e. The van der Waals surface area contributed by atoms with E-state index in [1.54, 1.807) is 17.2 Å². The summed E-state index contributed by atoms with van der Waals surface area (Å²) in [4.78, 5) is 10.7. The van der Waals surface area contributed by atoms with Crippen LogP contribution in [0, 0.1) is 5.21 Å². The predicted molar refractivity (Wildman–Crippen MR) is 97.2 cm³/mol. The summed E-state index contributed by atoms with van der Waals surface area (Å²) >= 11 is 0. The number of guanidine groups is 1. The lowest BCUT2D eigenvalue weighted by Gasteiger charge is -2.18. The molecule has 6 nitrogen and oxygen atoms in total. The summed E-state index contributed by atoms with van der Waals surface area (Å²) in [6.45, 7) is 5.94. The van der Waals surface area contributed by atoms with Crippen LogP contribution in [-0.4, -0.2) is 24.1 Å². The van der Waals surface area contributed by atoms with Gasteiger partial charge < -0.3 is 10.5 Å². The molecule has 1 aliphatic rings. The maximum atomic E-state index is 11.7. The molecule has 0 saturated carbocycles. The first-order valence-corrected chi connectivity index (χ1v) is 8.73. The van der Waals surface area contributed by atoms with Crippen LogP contribution in [0.4, 0.5) is 5.69 Å². The topological polar surface area (TPSA) is 63.8 Å². The SMILES string of the molecule is CCc1cccc(CC)c1/N=C1\NCCN1OCc1cccc[n+]1[O-]. The van der Waals surface area contributed by atoms with Crippen LogP contribution in [-0.2, 0) is 24.3 Å². The van der Waals surface area contributed by atoms with Gasteiger partial charge in [0.2, 0.25) is 11.7 Å². The fourth-order valence-corrected chi connectivity index (χ4v) is 2.87. The van der Waals surface area contributed by atoms with Crippen LogP contribution in [0.1, 0.15) is 30.7 Å². The molecule has 3 rings (SSSR count). The first-order valence-electron chi connectivity index (χ1n) is 8.73. The molecule has 1 fully saturated rings. The van der Waals surface area contributed by atoms with Gasteiger partial charge in [0, 0.05) is 18.7 Å². The van der Waals surface area contributed by atoms with Gasteiger partial charge >= 0.3 is 0 Å². The van der Waals surface area contributed by atoms with Crippen LogP contribution in [0.15, 0.2) is 47.6 Å². The van der Waals surface area contributed by atoms with Crippen LogP contribution in [0.2, 0.25) is 0 Å². The molecule has 0 aliphatic carbocycles. The smallest absolute Gasteiger partial charge is 0.223 e. The van der Waals surface area contributed by atoms with Crippen LogP contribution < -0.4 is 10.0 Å². The Hall–Kier alpha value is -2.60. The molecular formula is C19H24N4O2. The minimum atomic E-state index is 0.209. The van der Waals surface area contributed by atoms with E-state index in [0.717, 1.165) is 29.8 Å². The minimum absolute atomic E-state index is 0.209. The van der Waals surface area contributed by atoms with Crippen molar-refractivity contribution in [3.8, 4) is 0 Å². The summed E-state index contributed by atoms with van der Waals surface area (Å²) in [5.74, 6) is 0.698. The molecule has 2 aromatic rings. The van der Waals surface area contributed by atoms with Gasteiger partial charge in [-0.05, 0) is 30.0 Å². The number of benzene rings is 1. The van der Waals surface area contributed by atoms with Gasteiger partial charge in [0.25, 0.3) is 0 Å². The monoisotopic (exact) mass is 340 g/mol. The van der Waals surface area contributed by atoms with Crippen molar-refractivity contribution in [1.29, 1.82) is 0 Å². The van der Waals surface area contributed by atoms with E-state index < -0.39 is 0 Å². The lowest BCUT2D eigenvalue weighted by molar-refractivity contribution is -0.617. The Kier molecular flexibility index (Phi) is 5.50. The van der Waals surface area contributed by atoms with Crippen molar-refractivity contribution in [2.24, 2.45) is 4.99 Å². The summed E-state index contributed by atoms with van der Waals surface area (Å²) in [5, 5.41) is 16.7. The number of rotatable bonds is 6. The minimum Gasteiger partial charge on any atom is -0.618 e. The number of nitrogens with one attached hydrogen (secondary N) is 1. The molecule has 1 aromatic heterocycles. The lowest BCUT2D eigenvalue weighted by Crippen LogP contribution is -2.35. The first-order chi connectivity index (χ1) is 12.2. The Morgan fingerprint density at radius 3 is 2.60 bits per heavy atom. The third-order valence-corrected chi connectivity index (χ3v) is 4.29. The average Bonchev–Trinajstić information content (AvgIpc) is 3.08. The number of aryl methyl sites for hydroxylation is 2. The number of aromatic nitrogens is 1. The highest BCUT2D eigenvalue weighted by atomic mass is 16.7. The standard InChI is InChI=1S/C19H24N4O2/c1-3-15-8-7-9-16(4-2)18(15)21-19-20-11-13-23(19)25-14-17-10-5-6-12-22(17)24/h5-10,12H,3-4,11,13-14H2,1-2H3,(H,20,21). The van der Waals surface area contributed by atoms with Gasteiger partial charge in [-0.3, -0.25) is 4.84 Å². The van der Waals surface area contributed by atoms with Crippen molar-refractivity contribution in [3.63, 3.8) is 0 Å². The maximum absolute atomic E-state index is 11.7. The molecule has 0 radical (unpaired) electrons. The Balaban J connectivity index is 1.80. The van der Waals surface area contributed by atoms with E-state index in [4.69, 9.17) is 9.83 Å². The zero-order valence-electron chi connectivity index (χ0n) is 14.7. The number of para-hydroxylation sites is 1. The van der Waals surface area contributed by atoms with E-state index in [1.807, 2.05) is 6.07 Å².